The van der Waals surface area contributed by atoms with Crippen molar-refractivity contribution < 1.29 is 14.7 Å². The zero-order valence-electron chi connectivity index (χ0n) is 13.6. The summed E-state index contributed by atoms with van der Waals surface area (Å²) in [5.74, 6) is -0.858. The molecule has 0 spiro atoms. The van der Waals surface area contributed by atoms with Crippen LogP contribution in [0.2, 0.25) is 0 Å². The lowest BCUT2D eigenvalue weighted by Gasteiger charge is -2.03. The SMILES string of the molecule is NCCCC[C@H](N)C(=O)O.O=C(c1ccccc1)c1ccccc1. The van der Waals surface area contributed by atoms with Gasteiger partial charge in [-0.2, -0.15) is 0 Å². The van der Waals surface area contributed by atoms with Gasteiger partial charge in [0.25, 0.3) is 0 Å². The van der Waals surface area contributed by atoms with Crippen LogP contribution in [0, 0.1) is 0 Å². The Bertz CT molecular complexity index is 574. The zero-order valence-corrected chi connectivity index (χ0v) is 13.6. The fourth-order valence-electron chi connectivity index (χ4n) is 1.98. The number of ketones is 1. The lowest BCUT2D eigenvalue weighted by molar-refractivity contribution is -0.138. The van der Waals surface area contributed by atoms with Gasteiger partial charge in [0.2, 0.25) is 0 Å². The van der Waals surface area contributed by atoms with Crippen molar-refractivity contribution >= 4 is 11.8 Å². The predicted octanol–water partition coefficient (Wildman–Crippen LogP) is 2.44. The van der Waals surface area contributed by atoms with Gasteiger partial charge < -0.3 is 16.6 Å². The van der Waals surface area contributed by atoms with Gasteiger partial charge in [0.15, 0.2) is 5.78 Å². The van der Waals surface area contributed by atoms with Crippen molar-refractivity contribution in [2.75, 3.05) is 6.54 Å². The number of carbonyl (C=O) groups excluding carboxylic acids is 1. The minimum atomic E-state index is -0.933. The van der Waals surface area contributed by atoms with Gasteiger partial charge in [0.1, 0.15) is 6.04 Å². The van der Waals surface area contributed by atoms with E-state index in [4.69, 9.17) is 16.6 Å². The second kappa shape index (κ2) is 11.1. The van der Waals surface area contributed by atoms with Crippen LogP contribution < -0.4 is 11.5 Å². The van der Waals surface area contributed by atoms with Crippen LogP contribution in [-0.4, -0.2) is 29.4 Å². The second-order valence-electron chi connectivity index (χ2n) is 5.29. The molecule has 128 valence electrons. The fraction of sp³-hybridized carbons (Fsp3) is 0.263. The Labute approximate surface area is 142 Å². The number of carbonyl (C=O) groups is 2. The Morgan fingerprint density at radius 3 is 1.71 bits per heavy atom. The van der Waals surface area contributed by atoms with Crippen molar-refractivity contribution in [3.8, 4) is 0 Å². The van der Waals surface area contributed by atoms with Crippen LogP contribution in [0.15, 0.2) is 60.7 Å². The zero-order chi connectivity index (χ0) is 17.8. The number of hydrogen-bond acceptors (Lipinski definition) is 4. The molecule has 2 rings (SSSR count). The third-order valence-electron chi connectivity index (χ3n) is 3.36. The van der Waals surface area contributed by atoms with Crippen molar-refractivity contribution in [1.82, 2.24) is 0 Å². The number of carboxylic acid groups (broad SMARTS) is 1. The number of nitrogens with two attached hydrogens (primary N) is 2. The lowest BCUT2D eigenvalue weighted by Crippen LogP contribution is -2.29. The number of rotatable bonds is 7. The molecular formula is C19H24N2O3. The van der Waals surface area contributed by atoms with Crippen LogP contribution in [0.25, 0.3) is 0 Å². The molecule has 0 aliphatic carbocycles. The minimum absolute atomic E-state index is 0.0752. The highest BCUT2D eigenvalue weighted by Gasteiger charge is 2.09. The summed E-state index contributed by atoms with van der Waals surface area (Å²) >= 11 is 0. The van der Waals surface area contributed by atoms with E-state index in [1.807, 2.05) is 60.7 Å². The van der Waals surface area contributed by atoms with E-state index in [9.17, 15) is 9.59 Å². The topological polar surface area (TPSA) is 106 Å². The maximum absolute atomic E-state index is 11.8. The Morgan fingerprint density at radius 1 is 0.875 bits per heavy atom. The number of carboxylic acids is 1. The first-order valence-electron chi connectivity index (χ1n) is 7.89. The largest absolute Gasteiger partial charge is 0.480 e. The van der Waals surface area contributed by atoms with E-state index in [0.717, 1.165) is 24.0 Å². The van der Waals surface area contributed by atoms with Gasteiger partial charge >= 0.3 is 5.97 Å². The maximum Gasteiger partial charge on any atom is 0.320 e. The van der Waals surface area contributed by atoms with Crippen molar-refractivity contribution in [2.24, 2.45) is 11.5 Å². The fourth-order valence-corrected chi connectivity index (χ4v) is 1.98. The average Bonchev–Trinajstić information content (AvgIpc) is 2.63. The molecule has 0 amide bonds. The summed E-state index contributed by atoms with van der Waals surface area (Å²) in [5.41, 5.74) is 11.9. The van der Waals surface area contributed by atoms with Crippen LogP contribution >= 0.6 is 0 Å². The summed E-state index contributed by atoms with van der Waals surface area (Å²) in [4.78, 5) is 22.0. The van der Waals surface area contributed by atoms with Crippen LogP contribution in [0.1, 0.15) is 35.2 Å². The van der Waals surface area contributed by atoms with Crippen molar-refractivity contribution in [3.63, 3.8) is 0 Å². The molecule has 2 aromatic carbocycles. The Balaban J connectivity index is 0.000000257. The predicted molar refractivity (Wildman–Crippen MR) is 94.8 cm³/mol. The van der Waals surface area contributed by atoms with E-state index in [0.29, 0.717) is 13.0 Å². The molecule has 0 unspecified atom stereocenters. The molecule has 0 aliphatic rings. The smallest absolute Gasteiger partial charge is 0.320 e. The molecule has 5 N–H and O–H groups in total. The number of benzene rings is 2. The van der Waals surface area contributed by atoms with Gasteiger partial charge in [-0.15, -0.1) is 0 Å². The van der Waals surface area contributed by atoms with E-state index >= 15 is 0 Å². The Hall–Kier alpha value is -2.50. The number of hydrogen-bond donors (Lipinski definition) is 3. The van der Waals surface area contributed by atoms with Gasteiger partial charge in [-0.3, -0.25) is 9.59 Å². The van der Waals surface area contributed by atoms with E-state index in [1.54, 1.807) is 0 Å². The highest BCUT2D eigenvalue weighted by Crippen LogP contribution is 2.08. The molecule has 0 heterocycles. The number of unbranched alkanes of at least 4 members (excludes halogenated alkanes) is 1. The molecule has 24 heavy (non-hydrogen) atoms. The molecule has 0 saturated carbocycles. The minimum Gasteiger partial charge on any atom is -0.480 e. The van der Waals surface area contributed by atoms with Crippen molar-refractivity contribution in [1.29, 1.82) is 0 Å². The highest BCUT2D eigenvalue weighted by molar-refractivity contribution is 6.08. The maximum atomic E-state index is 11.8. The summed E-state index contributed by atoms with van der Waals surface area (Å²) in [5, 5.41) is 8.33. The highest BCUT2D eigenvalue weighted by atomic mass is 16.4. The molecule has 2 aromatic rings. The summed E-state index contributed by atoms with van der Waals surface area (Å²) < 4.78 is 0. The van der Waals surface area contributed by atoms with Crippen molar-refractivity contribution in [3.05, 3.63) is 71.8 Å². The number of aliphatic carboxylic acids is 1. The molecular weight excluding hydrogens is 304 g/mol. The molecule has 0 saturated heterocycles. The van der Waals surface area contributed by atoms with Crippen LogP contribution in [0.4, 0.5) is 0 Å². The van der Waals surface area contributed by atoms with E-state index < -0.39 is 12.0 Å². The molecule has 0 aliphatic heterocycles. The Kier molecular flexibility index (Phi) is 9.04. The Morgan fingerprint density at radius 2 is 1.33 bits per heavy atom. The van der Waals surface area contributed by atoms with Crippen LogP contribution in [-0.2, 0) is 4.79 Å². The summed E-state index contributed by atoms with van der Waals surface area (Å²) in [6, 6.07) is 17.9. The van der Waals surface area contributed by atoms with E-state index in [1.165, 1.54) is 0 Å². The third-order valence-corrected chi connectivity index (χ3v) is 3.36. The monoisotopic (exact) mass is 328 g/mol. The lowest BCUT2D eigenvalue weighted by atomic mass is 10.0. The standard InChI is InChI=1S/C13H10O.C6H14N2O2/c14-13(11-7-3-1-4-8-11)12-9-5-2-6-10-12;7-4-2-1-3-5(8)6(9)10/h1-10H;5H,1-4,7-8H2,(H,9,10)/t;5-/m.0/s1. The summed E-state index contributed by atoms with van der Waals surface area (Å²) in [6.45, 7) is 0.604. The quantitative estimate of drug-likeness (QED) is 0.534. The van der Waals surface area contributed by atoms with Crippen LogP contribution in [0.5, 0.6) is 0 Å². The first-order valence-corrected chi connectivity index (χ1v) is 7.89. The molecule has 5 heteroatoms. The molecule has 0 radical (unpaired) electrons. The van der Waals surface area contributed by atoms with Gasteiger partial charge in [-0.25, -0.2) is 0 Å². The first kappa shape index (κ1) is 19.5. The molecule has 1 atom stereocenters. The van der Waals surface area contributed by atoms with Gasteiger partial charge in [-0.05, 0) is 19.4 Å². The average molecular weight is 328 g/mol. The molecule has 0 aromatic heterocycles. The third kappa shape index (κ3) is 7.17. The second-order valence-corrected chi connectivity index (χ2v) is 5.29. The summed E-state index contributed by atoms with van der Waals surface area (Å²) in [6.07, 6.45) is 2.16. The van der Waals surface area contributed by atoms with Crippen LogP contribution in [0.3, 0.4) is 0 Å². The van der Waals surface area contributed by atoms with Crippen molar-refractivity contribution in [2.45, 2.75) is 25.3 Å². The van der Waals surface area contributed by atoms with Gasteiger partial charge in [0.05, 0.1) is 0 Å². The van der Waals surface area contributed by atoms with E-state index in [-0.39, 0.29) is 5.78 Å². The normalized spacial score (nSPS) is 11.1. The van der Waals surface area contributed by atoms with Gasteiger partial charge in [0, 0.05) is 11.1 Å². The molecule has 0 fully saturated rings. The van der Waals surface area contributed by atoms with Gasteiger partial charge in [-0.1, -0.05) is 67.1 Å². The molecule has 0 bridgehead atoms. The molecule has 5 nitrogen and oxygen atoms in total. The van der Waals surface area contributed by atoms with E-state index in [2.05, 4.69) is 0 Å². The first-order chi connectivity index (χ1) is 11.6. The summed E-state index contributed by atoms with van der Waals surface area (Å²) in [7, 11) is 0.